The van der Waals surface area contributed by atoms with Crippen molar-refractivity contribution in [2.75, 3.05) is 0 Å². The highest BCUT2D eigenvalue weighted by molar-refractivity contribution is 5.55. The van der Waals surface area contributed by atoms with Crippen molar-refractivity contribution in [2.24, 2.45) is 5.10 Å². The van der Waals surface area contributed by atoms with Gasteiger partial charge >= 0.3 is 0 Å². The average molecular weight is 112 g/mol. The number of hydrazone groups is 1. The highest BCUT2D eigenvalue weighted by Crippen LogP contribution is 1.90. The van der Waals surface area contributed by atoms with Crippen LogP contribution < -0.4 is 0 Å². The molecule has 1 heterocycles. The molecule has 42 valence electrons. The minimum atomic E-state index is 0.579. The zero-order valence-corrected chi connectivity index (χ0v) is 4.02. The first-order valence-electron chi connectivity index (χ1n) is 2.02. The van der Waals surface area contributed by atoms with Crippen molar-refractivity contribution in [1.82, 2.24) is 5.01 Å². The molecule has 4 nitrogen and oxygen atoms in total. The quantitative estimate of drug-likeness (QED) is 0.444. The van der Waals surface area contributed by atoms with Gasteiger partial charge in [-0.25, -0.2) is 5.01 Å². The first-order chi connectivity index (χ1) is 3.93. The first kappa shape index (κ1) is 4.83. The molecule has 0 spiro atoms. The fourth-order valence-corrected chi connectivity index (χ4v) is 0.315. The zero-order chi connectivity index (χ0) is 5.82. The van der Waals surface area contributed by atoms with E-state index in [2.05, 4.69) is 9.84 Å². The maximum Gasteiger partial charge on any atom is 0.234 e. The van der Waals surface area contributed by atoms with Crippen LogP contribution in [0.2, 0.25) is 0 Å². The van der Waals surface area contributed by atoms with Gasteiger partial charge in [0.05, 0.1) is 6.20 Å². The van der Waals surface area contributed by atoms with Crippen LogP contribution in [0.4, 0.5) is 0 Å². The number of carbonyl (C=O) groups is 1. The van der Waals surface area contributed by atoms with Crippen LogP contribution in [0.5, 0.6) is 0 Å². The number of amides is 1. The summed E-state index contributed by atoms with van der Waals surface area (Å²) in [4.78, 5) is 9.87. The normalized spacial score (nSPS) is 15.8. The fraction of sp³-hybridized carbons (Fsp3) is 0. The van der Waals surface area contributed by atoms with Gasteiger partial charge in [0, 0.05) is 0 Å². The highest BCUT2D eigenvalue weighted by atomic mass is 16.5. The van der Waals surface area contributed by atoms with Crippen LogP contribution in [0.25, 0.3) is 0 Å². The summed E-state index contributed by atoms with van der Waals surface area (Å²) >= 11 is 0. The van der Waals surface area contributed by atoms with Crippen molar-refractivity contribution in [2.45, 2.75) is 0 Å². The third kappa shape index (κ3) is 0.841. The second kappa shape index (κ2) is 2.11. The van der Waals surface area contributed by atoms with E-state index in [4.69, 9.17) is 0 Å². The van der Waals surface area contributed by atoms with E-state index < -0.39 is 0 Å². The lowest BCUT2D eigenvalue weighted by Crippen LogP contribution is -2.09. The van der Waals surface area contributed by atoms with E-state index in [9.17, 15) is 4.79 Å². The van der Waals surface area contributed by atoms with Crippen molar-refractivity contribution in [3.05, 3.63) is 12.5 Å². The Labute approximate surface area is 46.0 Å². The fourth-order valence-electron chi connectivity index (χ4n) is 0.315. The third-order valence-corrected chi connectivity index (χ3v) is 0.641. The Morgan fingerprint density at radius 1 is 1.75 bits per heavy atom. The van der Waals surface area contributed by atoms with E-state index in [1.54, 1.807) is 0 Å². The molecule has 1 amide bonds. The summed E-state index contributed by atoms with van der Waals surface area (Å²) in [5.74, 6) is 0. The SMILES string of the molecule is O=CN1C=COC=N1. The Kier molecular flexibility index (Phi) is 1.27. The summed E-state index contributed by atoms with van der Waals surface area (Å²) in [6.07, 6.45) is 4.53. The van der Waals surface area contributed by atoms with E-state index in [1.165, 1.54) is 18.9 Å². The summed E-state index contributed by atoms with van der Waals surface area (Å²) in [7, 11) is 0. The van der Waals surface area contributed by atoms with Gasteiger partial charge < -0.3 is 4.74 Å². The molecule has 0 aromatic carbocycles. The molecule has 0 saturated heterocycles. The summed E-state index contributed by atoms with van der Waals surface area (Å²) < 4.78 is 4.53. The second-order valence-corrected chi connectivity index (χ2v) is 1.13. The average Bonchev–Trinajstić information content (AvgIpc) is 1.90. The molecule has 8 heavy (non-hydrogen) atoms. The lowest BCUT2D eigenvalue weighted by molar-refractivity contribution is -0.116. The molecule has 1 aliphatic rings. The predicted molar refractivity (Wildman–Crippen MR) is 26.6 cm³/mol. The van der Waals surface area contributed by atoms with E-state index in [0.717, 1.165) is 5.01 Å². The van der Waals surface area contributed by atoms with Gasteiger partial charge in [0.15, 0.2) is 6.40 Å². The molecule has 0 fully saturated rings. The summed E-state index contributed by atoms with van der Waals surface area (Å²) in [6, 6.07) is 0. The van der Waals surface area contributed by atoms with E-state index >= 15 is 0 Å². The second-order valence-electron chi connectivity index (χ2n) is 1.13. The van der Waals surface area contributed by atoms with Crippen LogP contribution in [0.1, 0.15) is 0 Å². The molecular formula is C4H4N2O2. The third-order valence-electron chi connectivity index (χ3n) is 0.641. The molecule has 4 heteroatoms. The number of rotatable bonds is 1. The molecule has 0 aromatic rings. The van der Waals surface area contributed by atoms with Gasteiger partial charge in [-0.05, 0) is 0 Å². The van der Waals surface area contributed by atoms with Crippen LogP contribution in [-0.2, 0) is 9.53 Å². The van der Waals surface area contributed by atoms with Gasteiger partial charge in [-0.15, -0.1) is 5.10 Å². The monoisotopic (exact) mass is 112 g/mol. The molecule has 0 saturated carbocycles. The minimum Gasteiger partial charge on any atom is -0.450 e. The molecule has 0 aliphatic carbocycles. The Balaban J connectivity index is 2.54. The van der Waals surface area contributed by atoms with Crippen molar-refractivity contribution in [3.63, 3.8) is 0 Å². The molecule has 0 aromatic heterocycles. The Bertz CT molecular complexity index is 129. The first-order valence-corrected chi connectivity index (χ1v) is 2.02. The largest absolute Gasteiger partial charge is 0.450 e. The van der Waals surface area contributed by atoms with Gasteiger partial charge in [0.25, 0.3) is 0 Å². The molecule has 0 radical (unpaired) electrons. The summed E-state index contributed by atoms with van der Waals surface area (Å²) in [6.45, 7) is 0. The van der Waals surface area contributed by atoms with E-state index in [0.29, 0.717) is 6.41 Å². The smallest absolute Gasteiger partial charge is 0.234 e. The molecule has 0 bridgehead atoms. The van der Waals surface area contributed by atoms with Crippen molar-refractivity contribution >= 4 is 12.8 Å². The maximum atomic E-state index is 9.87. The van der Waals surface area contributed by atoms with Crippen LogP contribution in [0.15, 0.2) is 17.6 Å². The lowest BCUT2D eigenvalue weighted by Gasteiger charge is -2.05. The zero-order valence-electron chi connectivity index (χ0n) is 4.02. The van der Waals surface area contributed by atoms with Gasteiger partial charge in [-0.2, -0.15) is 0 Å². The van der Waals surface area contributed by atoms with Gasteiger partial charge in [-0.3, -0.25) is 4.79 Å². The predicted octanol–water partition coefficient (Wildman–Crippen LogP) is -0.111. The highest BCUT2D eigenvalue weighted by Gasteiger charge is 1.92. The molecule has 0 unspecified atom stereocenters. The van der Waals surface area contributed by atoms with Crippen molar-refractivity contribution in [1.29, 1.82) is 0 Å². The number of hydrogen-bond acceptors (Lipinski definition) is 3. The molecule has 1 rings (SSSR count). The maximum absolute atomic E-state index is 9.87. The minimum absolute atomic E-state index is 0.579. The lowest BCUT2D eigenvalue weighted by atomic mass is 10.9. The number of hydrogen-bond donors (Lipinski definition) is 0. The van der Waals surface area contributed by atoms with Gasteiger partial charge in [0.1, 0.15) is 6.26 Å². The molecular weight excluding hydrogens is 108 g/mol. The Morgan fingerprint density at radius 3 is 3.00 bits per heavy atom. The molecule has 0 atom stereocenters. The van der Waals surface area contributed by atoms with Crippen molar-refractivity contribution < 1.29 is 9.53 Å². The topological polar surface area (TPSA) is 41.9 Å². The number of ether oxygens (including phenoxy) is 1. The Hall–Kier alpha value is -1.32. The summed E-state index contributed by atoms with van der Waals surface area (Å²) in [5.41, 5.74) is 0. The summed E-state index contributed by atoms with van der Waals surface area (Å²) in [5, 5.41) is 4.58. The van der Waals surface area contributed by atoms with Crippen LogP contribution >= 0.6 is 0 Å². The van der Waals surface area contributed by atoms with E-state index in [1.807, 2.05) is 0 Å². The number of carbonyl (C=O) groups excluding carboxylic acids is 1. The van der Waals surface area contributed by atoms with Crippen LogP contribution in [-0.4, -0.2) is 17.8 Å². The Morgan fingerprint density at radius 2 is 2.62 bits per heavy atom. The molecule has 1 aliphatic heterocycles. The molecule has 0 N–H and O–H groups in total. The van der Waals surface area contributed by atoms with Crippen molar-refractivity contribution in [3.8, 4) is 0 Å². The van der Waals surface area contributed by atoms with Crippen LogP contribution in [0.3, 0.4) is 0 Å². The van der Waals surface area contributed by atoms with Gasteiger partial charge in [-0.1, -0.05) is 0 Å². The van der Waals surface area contributed by atoms with Gasteiger partial charge in [0.2, 0.25) is 6.41 Å². The number of nitrogens with zero attached hydrogens (tertiary/aromatic N) is 2. The van der Waals surface area contributed by atoms with Crippen LogP contribution in [0, 0.1) is 0 Å². The van der Waals surface area contributed by atoms with E-state index in [-0.39, 0.29) is 0 Å². The standard InChI is InChI=1S/C4H4N2O2/c7-4-6-1-2-8-3-5-6/h1-4H.